The van der Waals surface area contributed by atoms with Gasteiger partial charge in [0.05, 0.1) is 0 Å². The van der Waals surface area contributed by atoms with E-state index in [-0.39, 0.29) is 27.9 Å². The Morgan fingerprint density at radius 1 is 1.04 bits per heavy atom. The molecule has 1 aliphatic carbocycles. The Labute approximate surface area is 153 Å². The normalized spacial score (nSPS) is 21.5. The van der Waals surface area contributed by atoms with Crippen LogP contribution in [0.2, 0.25) is 34.7 Å². The maximum absolute atomic E-state index is 4.97. The van der Waals surface area contributed by atoms with Crippen molar-refractivity contribution in [2.45, 2.75) is 61.9 Å². The van der Waals surface area contributed by atoms with Gasteiger partial charge in [-0.2, -0.15) is 0 Å². The Kier molecular flexibility index (Phi) is 4.54. The Morgan fingerprint density at radius 3 is 1.88 bits per heavy atom. The van der Waals surface area contributed by atoms with E-state index in [1.165, 1.54) is 3.40 Å². The fourth-order valence-corrected chi connectivity index (χ4v) is 49.1. The van der Waals surface area contributed by atoms with Crippen molar-refractivity contribution in [3.05, 3.63) is 39.8 Å². The Balaban J connectivity index is 0.00000264. The molecule has 1 heterocycles. The van der Waals surface area contributed by atoms with Gasteiger partial charge >= 0.3 is 130 Å². The van der Waals surface area contributed by atoms with Crippen molar-refractivity contribution in [2.75, 3.05) is 0 Å². The molecule has 0 radical (unpaired) electrons. The summed E-state index contributed by atoms with van der Waals surface area (Å²) in [5.41, 5.74) is 0. The molecule has 0 saturated carbocycles. The molecule has 24 heavy (non-hydrogen) atoms. The number of hydrogen-bond donors (Lipinski definition) is 1. The van der Waals surface area contributed by atoms with Crippen LogP contribution in [0.5, 0.6) is 0 Å². The van der Waals surface area contributed by atoms with Crippen LogP contribution >= 0.6 is 24.8 Å². The van der Waals surface area contributed by atoms with Gasteiger partial charge in [0.1, 0.15) is 0 Å². The molecule has 0 unspecified atom stereocenters. The molecule has 1 aromatic rings. The smallest absolute Gasteiger partial charge is 0.147 e. The van der Waals surface area contributed by atoms with Crippen molar-refractivity contribution in [1.29, 1.82) is 0 Å². The molecule has 0 saturated heterocycles. The van der Waals surface area contributed by atoms with Crippen LogP contribution in [0.25, 0.3) is 0 Å². The Morgan fingerprint density at radius 2 is 1.58 bits per heavy atom. The van der Waals surface area contributed by atoms with Gasteiger partial charge in [-0.05, 0) is 0 Å². The molecule has 0 atom stereocenters. The molecule has 1 aromatic heterocycles. The average Bonchev–Trinajstić information content (AvgIpc) is 3.03. The summed E-state index contributed by atoms with van der Waals surface area (Å²) in [6.45, 7) is 12.7. The van der Waals surface area contributed by atoms with Crippen LogP contribution in [0.3, 0.4) is 0 Å². The molecule has 0 spiro atoms. The molecule has 0 aliphatic heterocycles. The minimum absolute atomic E-state index is 0. The molecule has 0 amide bonds. The molecule has 1 nitrogen and oxygen atoms in total. The topological polar surface area (TPSA) is 15.8 Å². The van der Waals surface area contributed by atoms with E-state index < -0.39 is 19.4 Å². The minimum Gasteiger partial charge on any atom is -0.147 e. The number of hydrogen-bond acceptors (Lipinski definition) is 0. The first-order valence-corrected chi connectivity index (χ1v) is 29.6. The maximum atomic E-state index is 3.75. The largest absolute Gasteiger partial charge is 0.147 e. The molecule has 2 rings (SSSR count). The van der Waals surface area contributed by atoms with Gasteiger partial charge in [-0.3, -0.25) is 0 Å². The van der Waals surface area contributed by atoms with Gasteiger partial charge in [0, 0.05) is 0 Å². The van der Waals surface area contributed by atoms with Gasteiger partial charge in [-0.25, -0.2) is 0 Å². The third-order valence-corrected chi connectivity index (χ3v) is 113. The monoisotopic (exact) mass is 469 g/mol. The van der Waals surface area contributed by atoms with E-state index in [9.17, 15) is 0 Å². The summed E-state index contributed by atoms with van der Waals surface area (Å²) in [6.07, 6.45) is 10.3. The molecular weight excluding hydrogens is 432 g/mol. The van der Waals surface area contributed by atoms with Crippen LogP contribution in [0.4, 0.5) is 0 Å². The first kappa shape index (κ1) is 24.4. The van der Waals surface area contributed by atoms with E-state index in [1.54, 1.807) is 3.28 Å². The number of nitrogens with one attached hydrogen (secondary N) is 1. The molecule has 1 N–H and O–H groups in total. The SMILES string of the molecule is C[SiH](C)[Zr]([CH3])([CH3])([CH3])([CH3])([C]1=CC=CC1)([c]1ccc[nH]1)[C](C)(C)C.Cl.Cl. The van der Waals surface area contributed by atoms with Gasteiger partial charge in [0.15, 0.2) is 0 Å². The van der Waals surface area contributed by atoms with Crippen LogP contribution in [-0.4, -0.2) is 10.9 Å². The third-order valence-electron chi connectivity index (χ3n) is 12.0. The summed E-state index contributed by atoms with van der Waals surface area (Å²) >= 11 is -4.97. The molecule has 0 bridgehead atoms. The zero-order valence-electron chi connectivity index (χ0n) is 17.1. The second-order valence-corrected chi connectivity index (χ2v) is 89.1. The zero-order chi connectivity index (χ0) is 17.2. The maximum Gasteiger partial charge on any atom is -0.147 e. The Bertz CT molecular complexity index is 747. The van der Waals surface area contributed by atoms with Crippen LogP contribution in [0.15, 0.2) is 39.8 Å². The van der Waals surface area contributed by atoms with Crippen molar-refractivity contribution in [2.24, 2.45) is 0 Å². The summed E-state index contributed by atoms with van der Waals surface area (Å²) in [5.74, 6) is -1.21. The predicted molar refractivity (Wildman–Crippen MR) is 119 cm³/mol. The summed E-state index contributed by atoms with van der Waals surface area (Å²) in [6, 6.07) is 4.59. The van der Waals surface area contributed by atoms with Gasteiger partial charge in [-0.1, -0.05) is 0 Å². The van der Waals surface area contributed by atoms with Crippen LogP contribution in [0.1, 0.15) is 27.2 Å². The van der Waals surface area contributed by atoms with Gasteiger partial charge in [-0.15, -0.1) is 24.8 Å². The third kappa shape index (κ3) is 1.72. The van der Waals surface area contributed by atoms with E-state index in [2.05, 4.69) is 93.9 Å². The number of rotatable bonds is 3. The minimum atomic E-state index is -4.97. The van der Waals surface area contributed by atoms with Crippen molar-refractivity contribution < 1.29 is 13.5 Å². The van der Waals surface area contributed by atoms with Crippen LogP contribution in [0, 0.1) is 0 Å². The second-order valence-electron chi connectivity index (χ2n) is 13.8. The van der Waals surface area contributed by atoms with E-state index in [4.69, 9.17) is 0 Å². The van der Waals surface area contributed by atoms with Gasteiger partial charge in [0.2, 0.25) is 0 Å². The average molecular weight is 472 g/mol. The van der Waals surface area contributed by atoms with Gasteiger partial charge in [0.25, 0.3) is 0 Å². The van der Waals surface area contributed by atoms with E-state index in [1.807, 2.05) is 0 Å². The van der Waals surface area contributed by atoms with E-state index in [0.29, 0.717) is 0 Å². The second kappa shape index (κ2) is 4.46. The van der Waals surface area contributed by atoms with Crippen molar-refractivity contribution in [3.8, 4) is 0 Å². The van der Waals surface area contributed by atoms with E-state index >= 15 is 0 Å². The molecule has 0 fully saturated rings. The summed E-state index contributed by atoms with van der Waals surface area (Å²) < 4.78 is 14.4. The molecule has 0 aromatic carbocycles. The van der Waals surface area contributed by atoms with E-state index in [0.717, 1.165) is 6.42 Å². The number of aromatic nitrogens is 1. The number of H-pyrrole nitrogens is 1. The Hall–Kier alpha value is 0.440. The number of aromatic amines is 1. The van der Waals surface area contributed by atoms with Crippen LogP contribution < -0.4 is 3.40 Å². The molecule has 142 valence electrons. The summed E-state index contributed by atoms with van der Waals surface area (Å²) in [4.78, 5) is 3.75. The quantitative estimate of drug-likeness (QED) is 0.456. The molecular formula is C19H39Cl2NSiZr. The number of halogens is 2. The number of allylic oxidation sites excluding steroid dienone is 4. The molecule has 5 heteroatoms. The zero-order valence-corrected chi connectivity index (χ0v) is 22.3. The van der Waals surface area contributed by atoms with Crippen molar-refractivity contribution in [1.82, 2.24) is 4.98 Å². The predicted octanol–water partition coefficient (Wildman–Crippen LogP) is 7.02. The first-order valence-electron chi connectivity index (χ1n) is 8.90. The fraction of sp³-hybridized carbons (Fsp3) is 0.579. The summed E-state index contributed by atoms with van der Waals surface area (Å²) in [5, 5.41) is 0. The van der Waals surface area contributed by atoms with Gasteiger partial charge < -0.3 is 0 Å². The van der Waals surface area contributed by atoms with Crippen molar-refractivity contribution in [3.63, 3.8) is 0 Å². The molecule has 1 aliphatic rings. The van der Waals surface area contributed by atoms with Crippen LogP contribution in [-0.2, 0) is 13.5 Å². The standard InChI is InChI=1S/C5H5.C4H4N.C4H9.C2H7Si.4CH3.2ClH.Zr/c2*1-2-4-5-3-1;1-4(2)3;1-3-2;;;;;;;/h1-3H,4H2;1-3,5H;1-3H3;3H,1-2H3;4*1H3;2*1H;. The summed E-state index contributed by atoms with van der Waals surface area (Å²) in [7, 11) is 0. The fourth-order valence-electron chi connectivity index (χ4n) is 5.29. The first-order chi connectivity index (χ1) is 9.49. The van der Waals surface area contributed by atoms with Crippen molar-refractivity contribution >= 4 is 34.1 Å².